The van der Waals surface area contributed by atoms with Gasteiger partial charge >= 0.3 is 5.97 Å². The van der Waals surface area contributed by atoms with Gasteiger partial charge in [-0.15, -0.1) is 0 Å². The van der Waals surface area contributed by atoms with Gasteiger partial charge in [0.2, 0.25) is 10.0 Å². The Morgan fingerprint density at radius 3 is 2.25 bits per heavy atom. The number of aliphatic carboxylic acids is 1. The van der Waals surface area contributed by atoms with Crippen LogP contribution < -0.4 is 4.72 Å². The van der Waals surface area contributed by atoms with Gasteiger partial charge in [0.05, 0.1) is 10.8 Å². The highest BCUT2D eigenvalue weighted by Gasteiger charge is 2.24. The van der Waals surface area contributed by atoms with Gasteiger partial charge in [-0.2, -0.15) is 0 Å². The second-order valence-electron chi connectivity index (χ2n) is 5.88. The number of sulfonamides is 1. The van der Waals surface area contributed by atoms with Crippen molar-refractivity contribution >= 4 is 25.8 Å². The summed E-state index contributed by atoms with van der Waals surface area (Å²) in [6.07, 6.45) is 1.08. The fourth-order valence-electron chi connectivity index (χ4n) is 2.08. The average molecular weight is 381 g/mol. The van der Waals surface area contributed by atoms with Gasteiger partial charge in [0.15, 0.2) is 9.84 Å². The molecule has 1 atom stereocenters. The van der Waals surface area contributed by atoms with E-state index in [2.05, 4.69) is 4.72 Å². The number of carboxylic acids is 1. The molecule has 0 amide bonds. The summed E-state index contributed by atoms with van der Waals surface area (Å²) >= 11 is 0. The molecule has 0 aliphatic heterocycles. The first-order valence-electron chi connectivity index (χ1n) is 7.06. The van der Waals surface area contributed by atoms with Crippen molar-refractivity contribution in [2.75, 3.05) is 12.8 Å². The Hall–Kier alpha value is -1.52. The molecular weight excluding hydrogens is 361 g/mol. The Morgan fingerprint density at radius 2 is 1.83 bits per heavy atom. The summed E-state index contributed by atoms with van der Waals surface area (Å²) in [5.74, 6) is -3.18. The van der Waals surface area contributed by atoms with Gasteiger partial charge in [0, 0.05) is 12.8 Å². The predicted molar refractivity (Wildman–Crippen MR) is 85.3 cm³/mol. The third kappa shape index (κ3) is 5.53. The van der Waals surface area contributed by atoms with E-state index in [4.69, 9.17) is 5.11 Å². The smallest absolute Gasteiger partial charge is 0.307 e. The quantitative estimate of drug-likeness (QED) is 0.700. The number of sulfone groups is 1. The van der Waals surface area contributed by atoms with Crippen molar-refractivity contribution in [2.45, 2.75) is 30.1 Å². The first-order valence-corrected chi connectivity index (χ1v) is 10.4. The van der Waals surface area contributed by atoms with Gasteiger partial charge in [-0.25, -0.2) is 25.9 Å². The Kier molecular flexibility index (Phi) is 6.48. The first-order chi connectivity index (χ1) is 10.8. The molecule has 1 unspecified atom stereocenters. The SMILES string of the molecule is CC(C)CC(CNS(=O)(=O)c1ccc(S(C)(=O)=O)c(F)c1)C(=O)O. The molecule has 1 aromatic rings. The van der Waals surface area contributed by atoms with Crippen molar-refractivity contribution < 1.29 is 31.1 Å². The Balaban J connectivity index is 3.01. The number of hydrogen-bond donors (Lipinski definition) is 2. The van der Waals surface area contributed by atoms with Crippen molar-refractivity contribution in [2.24, 2.45) is 11.8 Å². The lowest BCUT2D eigenvalue weighted by molar-refractivity contribution is -0.142. The molecule has 1 rings (SSSR count). The number of nitrogens with one attached hydrogen (secondary N) is 1. The molecule has 0 spiro atoms. The minimum atomic E-state index is -4.16. The van der Waals surface area contributed by atoms with E-state index in [1.807, 2.05) is 13.8 Å². The maximum Gasteiger partial charge on any atom is 0.307 e. The molecule has 0 fully saturated rings. The third-order valence-electron chi connectivity index (χ3n) is 3.24. The van der Waals surface area contributed by atoms with Crippen LogP contribution in [0.15, 0.2) is 28.0 Å². The van der Waals surface area contributed by atoms with Crippen LogP contribution >= 0.6 is 0 Å². The van der Waals surface area contributed by atoms with Gasteiger partial charge < -0.3 is 5.11 Å². The molecule has 0 saturated carbocycles. The van der Waals surface area contributed by atoms with Crippen LogP contribution in [0.3, 0.4) is 0 Å². The van der Waals surface area contributed by atoms with Gasteiger partial charge in [0.1, 0.15) is 10.7 Å². The van der Waals surface area contributed by atoms with Gasteiger partial charge in [-0.3, -0.25) is 4.79 Å². The minimum absolute atomic E-state index is 0.0575. The molecule has 0 aliphatic carbocycles. The lowest BCUT2D eigenvalue weighted by Crippen LogP contribution is -2.33. The number of carboxylic acid groups (broad SMARTS) is 1. The third-order valence-corrected chi connectivity index (χ3v) is 5.79. The normalized spacial score (nSPS) is 13.9. The maximum atomic E-state index is 13.8. The van der Waals surface area contributed by atoms with Gasteiger partial charge in [-0.05, 0) is 30.5 Å². The van der Waals surface area contributed by atoms with Crippen molar-refractivity contribution in [3.05, 3.63) is 24.0 Å². The summed E-state index contributed by atoms with van der Waals surface area (Å²) in [5.41, 5.74) is 0. The van der Waals surface area contributed by atoms with Crippen LogP contribution in [0.2, 0.25) is 0 Å². The summed E-state index contributed by atoms with van der Waals surface area (Å²) < 4.78 is 62.9. The van der Waals surface area contributed by atoms with Crippen LogP contribution in [-0.2, 0) is 24.7 Å². The van der Waals surface area contributed by atoms with E-state index in [0.717, 1.165) is 18.4 Å². The summed E-state index contributed by atoms with van der Waals surface area (Å²) in [5, 5.41) is 9.10. The fourth-order valence-corrected chi connectivity index (χ4v) is 3.91. The standard InChI is InChI=1S/C14H20FNO6S2/c1-9(2)6-10(14(17)18)8-16-24(21,22)11-4-5-13(12(15)7-11)23(3,19)20/h4-5,7,9-10,16H,6,8H2,1-3H3,(H,17,18). The van der Waals surface area contributed by atoms with Crippen LogP contribution in [0.4, 0.5) is 4.39 Å². The van der Waals surface area contributed by atoms with Crippen molar-refractivity contribution in [1.29, 1.82) is 0 Å². The first kappa shape index (κ1) is 20.5. The Bertz CT molecular complexity index is 818. The second-order valence-corrected chi connectivity index (χ2v) is 9.63. The molecular formula is C14H20FNO6S2. The average Bonchev–Trinajstić information content (AvgIpc) is 2.41. The highest BCUT2D eigenvalue weighted by molar-refractivity contribution is 7.90. The maximum absolute atomic E-state index is 13.8. The largest absolute Gasteiger partial charge is 0.481 e. The predicted octanol–water partition coefficient (Wildman–Crippen LogP) is 1.25. The van der Waals surface area contributed by atoms with E-state index < -0.39 is 47.4 Å². The lowest BCUT2D eigenvalue weighted by Gasteiger charge is -2.15. The van der Waals surface area contributed by atoms with E-state index in [-0.39, 0.29) is 18.9 Å². The van der Waals surface area contributed by atoms with E-state index >= 15 is 0 Å². The molecule has 0 saturated heterocycles. The highest BCUT2D eigenvalue weighted by atomic mass is 32.2. The number of halogens is 1. The molecule has 0 radical (unpaired) electrons. The monoisotopic (exact) mass is 381 g/mol. The van der Waals surface area contributed by atoms with E-state index in [1.165, 1.54) is 0 Å². The molecule has 136 valence electrons. The highest BCUT2D eigenvalue weighted by Crippen LogP contribution is 2.19. The van der Waals surface area contributed by atoms with Gasteiger partial charge in [0.25, 0.3) is 0 Å². The molecule has 7 nitrogen and oxygen atoms in total. The van der Waals surface area contributed by atoms with Crippen LogP contribution in [0.1, 0.15) is 20.3 Å². The summed E-state index contributed by atoms with van der Waals surface area (Å²) in [4.78, 5) is 10.1. The molecule has 10 heteroatoms. The molecule has 2 N–H and O–H groups in total. The molecule has 0 bridgehead atoms. The minimum Gasteiger partial charge on any atom is -0.481 e. The number of benzene rings is 1. The van der Waals surface area contributed by atoms with Crippen molar-refractivity contribution in [3.8, 4) is 0 Å². The topological polar surface area (TPSA) is 118 Å². The van der Waals surface area contributed by atoms with Crippen molar-refractivity contribution in [3.63, 3.8) is 0 Å². The molecule has 24 heavy (non-hydrogen) atoms. The summed E-state index contributed by atoms with van der Waals surface area (Å²) in [7, 11) is -7.97. The van der Waals surface area contributed by atoms with E-state index in [1.54, 1.807) is 0 Å². The van der Waals surface area contributed by atoms with E-state index in [9.17, 15) is 26.0 Å². The van der Waals surface area contributed by atoms with Crippen molar-refractivity contribution in [1.82, 2.24) is 4.72 Å². The fraction of sp³-hybridized carbons (Fsp3) is 0.500. The zero-order chi connectivity index (χ0) is 18.7. The molecule has 0 heterocycles. The lowest BCUT2D eigenvalue weighted by atomic mass is 9.98. The summed E-state index contributed by atoms with van der Waals surface area (Å²) in [6.45, 7) is 3.28. The van der Waals surface area contributed by atoms with Crippen LogP contribution in [-0.4, -0.2) is 40.7 Å². The Morgan fingerprint density at radius 1 is 1.25 bits per heavy atom. The van der Waals surface area contributed by atoms with E-state index in [0.29, 0.717) is 6.07 Å². The summed E-state index contributed by atoms with van der Waals surface area (Å²) in [6, 6.07) is 2.42. The van der Waals surface area contributed by atoms with Crippen LogP contribution in [0, 0.1) is 17.7 Å². The van der Waals surface area contributed by atoms with Crippen LogP contribution in [0.25, 0.3) is 0 Å². The Labute approximate surface area is 140 Å². The second kappa shape index (κ2) is 7.58. The number of hydrogen-bond acceptors (Lipinski definition) is 5. The zero-order valence-corrected chi connectivity index (χ0v) is 15.1. The molecule has 0 aromatic heterocycles. The van der Waals surface area contributed by atoms with Crippen LogP contribution in [0.5, 0.6) is 0 Å². The molecule has 1 aromatic carbocycles. The number of carbonyl (C=O) groups is 1. The number of rotatable bonds is 8. The van der Waals surface area contributed by atoms with Gasteiger partial charge in [-0.1, -0.05) is 13.8 Å². The molecule has 0 aliphatic rings. The zero-order valence-electron chi connectivity index (χ0n) is 13.5.